The second-order valence-electron chi connectivity index (χ2n) is 5.77. The summed E-state index contributed by atoms with van der Waals surface area (Å²) < 4.78 is 0. The lowest BCUT2D eigenvalue weighted by molar-refractivity contribution is -0.131. The highest BCUT2D eigenvalue weighted by Gasteiger charge is 2.22. The first kappa shape index (κ1) is 15.7. The third-order valence-corrected chi connectivity index (χ3v) is 4.09. The number of carboxylic acid groups (broad SMARTS) is 1. The van der Waals surface area contributed by atoms with Crippen molar-refractivity contribution in [3.05, 3.63) is 41.5 Å². The van der Waals surface area contributed by atoms with Crippen LogP contribution in [0, 0.1) is 5.92 Å². The van der Waals surface area contributed by atoms with E-state index in [4.69, 9.17) is 5.11 Å². The van der Waals surface area contributed by atoms with Gasteiger partial charge in [0, 0.05) is 12.6 Å². The molecule has 2 N–H and O–H groups in total. The molecule has 0 aliphatic carbocycles. The fourth-order valence-electron chi connectivity index (χ4n) is 2.81. The number of nitrogens with zero attached hydrogens (tertiary/aromatic N) is 1. The van der Waals surface area contributed by atoms with E-state index in [0.29, 0.717) is 5.92 Å². The van der Waals surface area contributed by atoms with Crippen molar-refractivity contribution in [2.24, 2.45) is 5.92 Å². The molecule has 21 heavy (non-hydrogen) atoms. The molecule has 0 amide bonds. The van der Waals surface area contributed by atoms with Crippen LogP contribution < -0.4 is 0 Å². The minimum Gasteiger partial charge on any atom is -0.478 e. The van der Waals surface area contributed by atoms with E-state index in [1.807, 2.05) is 25.1 Å². The Labute approximate surface area is 125 Å². The molecule has 1 aromatic carbocycles. The summed E-state index contributed by atoms with van der Waals surface area (Å²) in [4.78, 5) is 12.9. The van der Waals surface area contributed by atoms with Crippen LogP contribution in [0.2, 0.25) is 0 Å². The molecule has 0 aromatic heterocycles. The zero-order valence-corrected chi connectivity index (χ0v) is 12.4. The van der Waals surface area contributed by atoms with Gasteiger partial charge in [-0.3, -0.25) is 4.90 Å². The summed E-state index contributed by atoms with van der Waals surface area (Å²) in [6.45, 7) is 4.76. The van der Waals surface area contributed by atoms with Gasteiger partial charge in [-0.25, -0.2) is 4.79 Å². The molecule has 0 bridgehead atoms. The molecule has 1 fully saturated rings. The molecule has 114 valence electrons. The molecule has 1 aliphatic heterocycles. The van der Waals surface area contributed by atoms with E-state index in [1.54, 1.807) is 6.08 Å². The molecule has 2 rings (SSSR count). The normalized spacial score (nSPS) is 19.0. The minimum absolute atomic E-state index is 0.211. The van der Waals surface area contributed by atoms with E-state index in [2.05, 4.69) is 11.0 Å². The van der Waals surface area contributed by atoms with Crippen LogP contribution in [0.4, 0.5) is 0 Å². The van der Waals surface area contributed by atoms with E-state index >= 15 is 0 Å². The Hall–Kier alpha value is -1.65. The van der Waals surface area contributed by atoms with Gasteiger partial charge < -0.3 is 10.2 Å². The Morgan fingerprint density at radius 3 is 2.76 bits per heavy atom. The maximum absolute atomic E-state index is 10.5. The van der Waals surface area contributed by atoms with Crippen molar-refractivity contribution in [2.75, 3.05) is 13.1 Å². The van der Waals surface area contributed by atoms with E-state index < -0.39 is 5.97 Å². The minimum atomic E-state index is -0.930. The molecule has 1 unspecified atom stereocenters. The molecule has 1 aromatic rings. The quantitative estimate of drug-likeness (QED) is 0.817. The number of benzene rings is 1. The van der Waals surface area contributed by atoms with Crippen molar-refractivity contribution in [1.29, 1.82) is 0 Å². The van der Waals surface area contributed by atoms with Crippen LogP contribution in [0.1, 0.15) is 30.9 Å². The molecule has 1 saturated heterocycles. The van der Waals surface area contributed by atoms with Gasteiger partial charge in [-0.2, -0.15) is 0 Å². The van der Waals surface area contributed by atoms with E-state index in [9.17, 15) is 9.90 Å². The first-order valence-electron chi connectivity index (χ1n) is 7.45. The van der Waals surface area contributed by atoms with Crippen LogP contribution in [-0.4, -0.2) is 40.3 Å². The lowest BCUT2D eigenvalue weighted by Crippen LogP contribution is -2.36. The standard InChI is InChI=1S/C17H23NO3/c1-13(19)16-7-9-18(10-8-16)12-15-4-2-3-14(11-15)5-6-17(20)21/h2-6,11,13,16,19H,7-10,12H2,1H3,(H,20,21)/b6-5+. The van der Waals surface area contributed by atoms with E-state index in [-0.39, 0.29) is 6.10 Å². The highest BCUT2D eigenvalue weighted by atomic mass is 16.4. The predicted molar refractivity (Wildman–Crippen MR) is 82.8 cm³/mol. The zero-order valence-electron chi connectivity index (χ0n) is 12.4. The molecule has 0 saturated carbocycles. The number of aliphatic hydroxyl groups excluding tert-OH is 1. The Balaban J connectivity index is 1.92. The molecule has 4 heteroatoms. The molecule has 1 atom stereocenters. The summed E-state index contributed by atoms with van der Waals surface area (Å²) in [5, 5.41) is 18.3. The van der Waals surface area contributed by atoms with Gasteiger partial charge in [0.2, 0.25) is 0 Å². The van der Waals surface area contributed by atoms with Crippen LogP contribution in [0.25, 0.3) is 6.08 Å². The van der Waals surface area contributed by atoms with Gasteiger partial charge in [-0.15, -0.1) is 0 Å². The van der Waals surface area contributed by atoms with Crippen LogP contribution in [0.3, 0.4) is 0 Å². The van der Waals surface area contributed by atoms with E-state index in [0.717, 1.165) is 44.1 Å². The van der Waals surface area contributed by atoms with Gasteiger partial charge in [0.25, 0.3) is 0 Å². The molecular formula is C17H23NO3. The number of carboxylic acids is 1. The SMILES string of the molecule is CC(O)C1CCN(Cc2cccc(/C=C/C(=O)O)c2)CC1. The third kappa shape index (κ3) is 4.99. The smallest absolute Gasteiger partial charge is 0.328 e. The van der Waals surface area contributed by atoms with Crippen molar-refractivity contribution in [2.45, 2.75) is 32.4 Å². The predicted octanol–water partition coefficient (Wildman–Crippen LogP) is 2.38. The largest absolute Gasteiger partial charge is 0.478 e. The van der Waals surface area contributed by atoms with Gasteiger partial charge in [0.1, 0.15) is 0 Å². The van der Waals surface area contributed by atoms with Gasteiger partial charge >= 0.3 is 5.97 Å². The van der Waals surface area contributed by atoms with Crippen molar-refractivity contribution in [1.82, 2.24) is 4.90 Å². The molecular weight excluding hydrogens is 266 g/mol. The summed E-state index contributed by atoms with van der Waals surface area (Å²) in [7, 11) is 0. The van der Waals surface area contributed by atoms with Crippen LogP contribution >= 0.6 is 0 Å². The summed E-state index contributed by atoms with van der Waals surface area (Å²) in [5.41, 5.74) is 2.10. The Bertz CT molecular complexity index is 503. The first-order valence-corrected chi connectivity index (χ1v) is 7.45. The van der Waals surface area contributed by atoms with Gasteiger partial charge in [-0.1, -0.05) is 24.3 Å². The van der Waals surface area contributed by atoms with Gasteiger partial charge in [0.05, 0.1) is 6.10 Å². The topological polar surface area (TPSA) is 60.8 Å². The molecule has 0 spiro atoms. The monoisotopic (exact) mass is 289 g/mol. The number of rotatable bonds is 5. The van der Waals surface area contributed by atoms with E-state index in [1.165, 1.54) is 5.56 Å². The average Bonchev–Trinajstić information content (AvgIpc) is 2.46. The molecule has 1 heterocycles. The number of likely N-dealkylation sites (tertiary alicyclic amines) is 1. The number of aliphatic hydroxyl groups is 1. The number of piperidine rings is 1. The third-order valence-electron chi connectivity index (χ3n) is 4.09. The number of aliphatic carboxylic acids is 1. The lowest BCUT2D eigenvalue weighted by atomic mass is 9.92. The fraction of sp³-hybridized carbons (Fsp3) is 0.471. The zero-order chi connectivity index (χ0) is 15.2. The Morgan fingerprint density at radius 2 is 2.14 bits per heavy atom. The number of hydrogen-bond donors (Lipinski definition) is 2. The highest BCUT2D eigenvalue weighted by Crippen LogP contribution is 2.22. The van der Waals surface area contributed by atoms with Crippen LogP contribution in [-0.2, 0) is 11.3 Å². The van der Waals surface area contributed by atoms with Crippen molar-refractivity contribution >= 4 is 12.0 Å². The first-order chi connectivity index (χ1) is 10.0. The molecule has 1 aliphatic rings. The maximum atomic E-state index is 10.5. The second-order valence-corrected chi connectivity index (χ2v) is 5.77. The Morgan fingerprint density at radius 1 is 1.43 bits per heavy atom. The second kappa shape index (κ2) is 7.38. The van der Waals surface area contributed by atoms with Gasteiger partial charge in [-0.05, 0) is 56.0 Å². The van der Waals surface area contributed by atoms with Crippen molar-refractivity contribution in [3.63, 3.8) is 0 Å². The molecule has 0 radical (unpaired) electrons. The summed E-state index contributed by atoms with van der Waals surface area (Å²) in [5.74, 6) is -0.508. The summed E-state index contributed by atoms with van der Waals surface area (Å²) in [6, 6.07) is 7.96. The number of carbonyl (C=O) groups is 1. The molecule has 4 nitrogen and oxygen atoms in total. The summed E-state index contributed by atoms with van der Waals surface area (Å²) >= 11 is 0. The van der Waals surface area contributed by atoms with Crippen LogP contribution in [0.5, 0.6) is 0 Å². The van der Waals surface area contributed by atoms with Crippen LogP contribution in [0.15, 0.2) is 30.3 Å². The lowest BCUT2D eigenvalue weighted by Gasteiger charge is -2.33. The Kier molecular flexibility index (Phi) is 5.53. The van der Waals surface area contributed by atoms with Crippen molar-refractivity contribution in [3.8, 4) is 0 Å². The number of hydrogen-bond acceptors (Lipinski definition) is 3. The average molecular weight is 289 g/mol. The van der Waals surface area contributed by atoms with Gasteiger partial charge in [0.15, 0.2) is 0 Å². The maximum Gasteiger partial charge on any atom is 0.328 e. The fourth-order valence-corrected chi connectivity index (χ4v) is 2.81. The summed E-state index contributed by atoms with van der Waals surface area (Å²) in [6.07, 6.45) is 4.64. The highest BCUT2D eigenvalue weighted by molar-refractivity contribution is 5.85. The van der Waals surface area contributed by atoms with Crippen molar-refractivity contribution < 1.29 is 15.0 Å².